The fourth-order valence-electron chi connectivity index (χ4n) is 9.54. The highest BCUT2D eigenvalue weighted by molar-refractivity contribution is 6.07. The molecule has 0 radical (unpaired) electrons. The van der Waals surface area contributed by atoms with Crippen molar-refractivity contribution in [3.63, 3.8) is 0 Å². The first-order chi connectivity index (χ1) is 27.8. The van der Waals surface area contributed by atoms with Crippen LogP contribution in [-0.2, 0) is 16.2 Å². The number of anilines is 3. The van der Waals surface area contributed by atoms with Crippen molar-refractivity contribution in [3.8, 4) is 44.5 Å². The third-order valence-electron chi connectivity index (χ3n) is 12.3. The first-order valence-electron chi connectivity index (χ1n) is 20.8. The second kappa shape index (κ2) is 14.0. The van der Waals surface area contributed by atoms with Crippen LogP contribution >= 0.6 is 0 Å². The van der Waals surface area contributed by atoms with Gasteiger partial charge in [0.25, 0.3) is 0 Å². The van der Waals surface area contributed by atoms with Crippen molar-refractivity contribution in [3.05, 3.63) is 198 Å². The van der Waals surface area contributed by atoms with Crippen LogP contribution < -0.4 is 4.90 Å². The molecule has 0 unspecified atom stereocenters. The first kappa shape index (κ1) is 37.4. The standard InChI is InChI=1S/C57H53N/c1-55(2,3)49-30-19-29-48-46-35-33-42(37-51(46)57(7,8)54(48)49)58(52-31-16-15-26-43(52)38-20-11-9-12-21-38)41-32-34-45(50(36-41)56(4,5)6)47-28-18-25-40-24-17-27-44(53(40)47)39-22-13-10-14-23-39/h9-37H,1-8H3. The van der Waals surface area contributed by atoms with Gasteiger partial charge in [0.05, 0.1) is 5.69 Å². The van der Waals surface area contributed by atoms with Gasteiger partial charge in [0, 0.05) is 22.4 Å². The fourth-order valence-corrected chi connectivity index (χ4v) is 9.54. The van der Waals surface area contributed by atoms with Gasteiger partial charge in [-0.2, -0.15) is 0 Å². The number of rotatable bonds is 6. The van der Waals surface area contributed by atoms with E-state index in [2.05, 4.69) is 236 Å². The van der Waals surface area contributed by atoms with Crippen molar-refractivity contribution in [1.82, 2.24) is 0 Å². The van der Waals surface area contributed by atoms with Gasteiger partial charge in [-0.15, -0.1) is 0 Å². The molecule has 0 aromatic heterocycles. The van der Waals surface area contributed by atoms with Gasteiger partial charge in [-0.1, -0.05) is 201 Å². The van der Waals surface area contributed by atoms with Crippen LogP contribution in [0, 0.1) is 0 Å². The van der Waals surface area contributed by atoms with Crippen molar-refractivity contribution in [2.45, 2.75) is 71.6 Å². The Morgan fingerprint density at radius 2 is 0.914 bits per heavy atom. The normalized spacial score (nSPS) is 13.3. The zero-order valence-corrected chi connectivity index (χ0v) is 35.2. The summed E-state index contributed by atoms with van der Waals surface area (Å²) in [4.78, 5) is 2.50. The van der Waals surface area contributed by atoms with Crippen molar-refractivity contribution in [1.29, 1.82) is 0 Å². The van der Waals surface area contributed by atoms with E-state index in [1.807, 2.05) is 0 Å². The van der Waals surface area contributed by atoms with Gasteiger partial charge in [0.2, 0.25) is 0 Å². The van der Waals surface area contributed by atoms with Crippen LogP contribution in [0.5, 0.6) is 0 Å². The summed E-state index contributed by atoms with van der Waals surface area (Å²) in [5, 5.41) is 2.54. The molecule has 0 N–H and O–H groups in total. The molecular weight excluding hydrogens is 699 g/mol. The molecule has 286 valence electrons. The van der Waals surface area contributed by atoms with Crippen LogP contribution in [0.1, 0.15) is 77.6 Å². The molecule has 8 aromatic rings. The Bertz CT molecular complexity index is 2800. The fraction of sp³-hybridized carbons (Fsp3) is 0.193. The largest absolute Gasteiger partial charge is 0.310 e. The Balaban J connectivity index is 1.28. The maximum absolute atomic E-state index is 2.50. The average Bonchev–Trinajstić information content (AvgIpc) is 3.46. The molecule has 0 bridgehead atoms. The van der Waals surface area contributed by atoms with Gasteiger partial charge in [-0.3, -0.25) is 0 Å². The van der Waals surface area contributed by atoms with E-state index in [1.54, 1.807) is 0 Å². The monoisotopic (exact) mass is 751 g/mol. The predicted octanol–water partition coefficient (Wildman–Crippen LogP) is 16.2. The quantitative estimate of drug-likeness (QED) is 0.164. The smallest absolute Gasteiger partial charge is 0.0540 e. The molecule has 0 saturated carbocycles. The molecule has 1 heteroatoms. The molecule has 0 fully saturated rings. The van der Waals surface area contributed by atoms with Crippen molar-refractivity contribution < 1.29 is 0 Å². The van der Waals surface area contributed by atoms with E-state index in [-0.39, 0.29) is 16.2 Å². The molecule has 0 aliphatic heterocycles. The van der Waals surface area contributed by atoms with Crippen LogP contribution in [0.4, 0.5) is 17.1 Å². The number of hydrogen-bond donors (Lipinski definition) is 0. The number of hydrogen-bond acceptors (Lipinski definition) is 1. The van der Waals surface area contributed by atoms with Gasteiger partial charge in [0.1, 0.15) is 0 Å². The lowest BCUT2D eigenvalue weighted by molar-refractivity contribution is 0.556. The summed E-state index contributed by atoms with van der Waals surface area (Å²) >= 11 is 0. The predicted molar refractivity (Wildman–Crippen MR) is 250 cm³/mol. The molecule has 1 aliphatic carbocycles. The van der Waals surface area contributed by atoms with E-state index in [0.717, 1.165) is 17.1 Å². The van der Waals surface area contributed by atoms with E-state index in [1.165, 1.54) is 77.5 Å². The topological polar surface area (TPSA) is 3.24 Å². The third-order valence-corrected chi connectivity index (χ3v) is 12.3. The summed E-state index contributed by atoms with van der Waals surface area (Å²) < 4.78 is 0. The minimum absolute atomic E-state index is 0.0329. The van der Waals surface area contributed by atoms with Crippen molar-refractivity contribution in [2.75, 3.05) is 4.90 Å². The van der Waals surface area contributed by atoms with Gasteiger partial charge in [-0.05, 0) is 113 Å². The van der Waals surface area contributed by atoms with Gasteiger partial charge < -0.3 is 4.90 Å². The lowest BCUT2D eigenvalue weighted by Gasteiger charge is -2.33. The SMILES string of the molecule is CC(C)(C)c1cc(N(c2ccc3c(c2)C(C)(C)c2c-3cccc2C(C)(C)C)c2ccccc2-c2ccccc2)ccc1-c1cccc2cccc(-c3ccccc3)c12. The van der Waals surface area contributed by atoms with Crippen molar-refractivity contribution >= 4 is 27.8 Å². The summed E-state index contributed by atoms with van der Waals surface area (Å²) in [6.07, 6.45) is 0. The highest BCUT2D eigenvalue weighted by Gasteiger charge is 2.40. The molecule has 58 heavy (non-hydrogen) atoms. The number of fused-ring (bicyclic) bond motifs is 4. The zero-order valence-electron chi connectivity index (χ0n) is 35.2. The molecular formula is C57H53N. The zero-order chi connectivity index (χ0) is 40.4. The lowest BCUT2D eigenvalue weighted by Crippen LogP contribution is -2.23. The molecule has 0 saturated heterocycles. The number of benzene rings is 8. The van der Waals surface area contributed by atoms with E-state index >= 15 is 0 Å². The highest BCUT2D eigenvalue weighted by atomic mass is 15.1. The minimum Gasteiger partial charge on any atom is -0.310 e. The summed E-state index contributed by atoms with van der Waals surface area (Å²) in [6.45, 7) is 18.9. The minimum atomic E-state index is -0.166. The van der Waals surface area contributed by atoms with E-state index in [4.69, 9.17) is 0 Å². The Morgan fingerprint density at radius 3 is 1.57 bits per heavy atom. The Kier molecular flexibility index (Phi) is 9.05. The van der Waals surface area contributed by atoms with Crippen molar-refractivity contribution in [2.24, 2.45) is 0 Å². The molecule has 9 rings (SSSR count). The van der Waals surface area contributed by atoms with Crippen LogP contribution in [0.25, 0.3) is 55.3 Å². The Hall–Kier alpha value is -6.18. The Morgan fingerprint density at radius 1 is 0.397 bits per heavy atom. The van der Waals surface area contributed by atoms with Crippen LogP contribution in [-0.4, -0.2) is 0 Å². The maximum atomic E-state index is 2.50. The summed E-state index contributed by atoms with van der Waals surface area (Å²) in [5.74, 6) is 0. The highest BCUT2D eigenvalue weighted by Crippen LogP contribution is 2.54. The summed E-state index contributed by atoms with van der Waals surface area (Å²) in [7, 11) is 0. The van der Waals surface area contributed by atoms with E-state index in [9.17, 15) is 0 Å². The van der Waals surface area contributed by atoms with Crippen LogP contribution in [0.15, 0.2) is 176 Å². The van der Waals surface area contributed by atoms with E-state index < -0.39 is 0 Å². The lowest BCUT2D eigenvalue weighted by atomic mass is 9.74. The van der Waals surface area contributed by atoms with Crippen LogP contribution in [0.3, 0.4) is 0 Å². The van der Waals surface area contributed by atoms with E-state index in [0.29, 0.717) is 0 Å². The first-order valence-corrected chi connectivity index (χ1v) is 20.8. The molecule has 8 aromatic carbocycles. The molecule has 0 amide bonds. The molecule has 0 atom stereocenters. The average molecular weight is 752 g/mol. The maximum Gasteiger partial charge on any atom is 0.0540 e. The van der Waals surface area contributed by atoms with Gasteiger partial charge in [0.15, 0.2) is 0 Å². The molecule has 0 spiro atoms. The third kappa shape index (κ3) is 6.34. The second-order valence-electron chi connectivity index (χ2n) is 18.6. The van der Waals surface area contributed by atoms with Gasteiger partial charge >= 0.3 is 0 Å². The molecule has 1 nitrogen and oxygen atoms in total. The van der Waals surface area contributed by atoms with Crippen LogP contribution in [0.2, 0.25) is 0 Å². The van der Waals surface area contributed by atoms with Gasteiger partial charge in [-0.25, -0.2) is 0 Å². The Labute approximate surface area is 345 Å². The summed E-state index contributed by atoms with van der Waals surface area (Å²) in [5.41, 5.74) is 18.8. The summed E-state index contributed by atoms with van der Waals surface area (Å²) in [6, 6.07) is 65.3. The molecule has 0 heterocycles. The number of para-hydroxylation sites is 1. The number of nitrogens with zero attached hydrogens (tertiary/aromatic N) is 1. The second-order valence-corrected chi connectivity index (χ2v) is 18.6. The molecule has 1 aliphatic rings.